The van der Waals surface area contributed by atoms with Crippen LogP contribution in [0.15, 0.2) is 22.7 Å². The predicted molar refractivity (Wildman–Crippen MR) is 71.6 cm³/mol. The van der Waals surface area contributed by atoms with Crippen LogP contribution in [0.2, 0.25) is 0 Å². The molecular formula is C14H17BrO. The Balaban J connectivity index is 2.82. The molecular weight excluding hydrogens is 264 g/mol. The van der Waals surface area contributed by atoms with Gasteiger partial charge in [0.1, 0.15) is 5.75 Å². The zero-order valence-corrected chi connectivity index (χ0v) is 11.6. The summed E-state index contributed by atoms with van der Waals surface area (Å²) in [5, 5.41) is 0. The molecule has 0 aliphatic carbocycles. The van der Waals surface area contributed by atoms with E-state index in [4.69, 9.17) is 4.74 Å². The largest absolute Gasteiger partial charge is 0.496 e. The Kier molecular flexibility index (Phi) is 5.42. The van der Waals surface area contributed by atoms with Crippen LogP contribution in [0.1, 0.15) is 25.8 Å². The average molecular weight is 281 g/mol. The Morgan fingerprint density at radius 1 is 1.44 bits per heavy atom. The summed E-state index contributed by atoms with van der Waals surface area (Å²) in [5.41, 5.74) is 1.20. The van der Waals surface area contributed by atoms with Crippen molar-refractivity contribution in [3.05, 3.63) is 28.2 Å². The van der Waals surface area contributed by atoms with Crippen LogP contribution in [0.25, 0.3) is 0 Å². The third-order valence-corrected chi connectivity index (χ3v) is 2.79. The van der Waals surface area contributed by atoms with E-state index in [1.807, 2.05) is 12.1 Å². The molecule has 0 spiro atoms. The molecule has 1 aromatic carbocycles. The molecule has 0 heterocycles. The molecule has 0 aliphatic rings. The van der Waals surface area contributed by atoms with Gasteiger partial charge in [0.15, 0.2) is 0 Å². The second-order valence-electron chi connectivity index (χ2n) is 3.74. The van der Waals surface area contributed by atoms with Crippen molar-refractivity contribution in [3.8, 4) is 17.6 Å². The van der Waals surface area contributed by atoms with Crippen molar-refractivity contribution in [1.82, 2.24) is 0 Å². The Morgan fingerprint density at radius 2 is 2.19 bits per heavy atom. The summed E-state index contributed by atoms with van der Waals surface area (Å²) >= 11 is 3.48. The van der Waals surface area contributed by atoms with Crippen LogP contribution in [0.3, 0.4) is 0 Å². The summed E-state index contributed by atoms with van der Waals surface area (Å²) in [5.74, 6) is 7.65. The van der Waals surface area contributed by atoms with Gasteiger partial charge in [0, 0.05) is 16.8 Å². The molecule has 0 radical (unpaired) electrons. The van der Waals surface area contributed by atoms with Crippen molar-refractivity contribution in [3.63, 3.8) is 0 Å². The smallest absolute Gasteiger partial charge is 0.122 e. The van der Waals surface area contributed by atoms with Crippen molar-refractivity contribution in [2.24, 2.45) is 5.92 Å². The van der Waals surface area contributed by atoms with Crippen LogP contribution in [0.4, 0.5) is 0 Å². The zero-order valence-electron chi connectivity index (χ0n) is 10.0. The lowest BCUT2D eigenvalue weighted by Crippen LogP contribution is -1.99. The molecule has 0 N–H and O–H groups in total. The summed E-state index contributed by atoms with van der Waals surface area (Å²) in [6.07, 6.45) is 1.84. The van der Waals surface area contributed by atoms with E-state index < -0.39 is 0 Å². The van der Waals surface area contributed by atoms with Gasteiger partial charge in [0.25, 0.3) is 0 Å². The lowest BCUT2D eigenvalue weighted by atomic mass is 10.0. The topological polar surface area (TPSA) is 9.23 Å². The van der Waals surface area contributed by atoms with Gasteiger partial charge in [-0.2, -0.15) is 0 Å². The van der Waals surface area contributed by atoms with Crippen LogP contribution in [0, 0.1) is 17.8 Å². The number of ether oxygens (including phenoxy) is 1. The molecule has 1 nitrogen and oxygen atoms in total. The maximum absolute atomic E-state index is 5.34. The first kappa shape index (κ1) is 13.1. The summed E-state index contributed by atoms with van der Waals surface area (Å²) in [6.45, 7) is 4.21. The third-order valence-electron chi connectivity index (χ3n) is 2.29. The van der Waals surface area contributed by atoms with Gasteiger partial charge in [-0.1, -0.05) is 35.7 Å². The van der Waals surface area contributed by atoms with Gasteiger partial charge in [0.05, 0.1) is 7.11 Å². The van der Waals surface area contributed by atoms with Crippen LogP contribution >= 0.6 is 15.9 Å². The maximum Gasteiger partial charge on any atom is 0.122 e. The van der Waals surface area contributed by atoms with Crippen molar-refractivity contribution in [2.75, 3.05) is 7.11 Å². The van der Waals surface area contributed by atoms with E-state index in [2.05, 4.69) is 47.7 Å². The Labute approximate surface area is 106 Å². The fourth-order valence-corrected chi connectivity index (χ4v) is 1.97. The standard InChI is InChI=1S/C14H17BrO/c1-4-5-6-11(2)9-12-10-13(15)7-8-14(12)16-3/h7-8,10-11H,4,9H2,1-3H3. The first-order chi connectivity index (χ1) is 7.67. The zero-order chi connectivity index (χ0) is 12.0. The third kappa shape index (κ3) is 3.90. The number of hydrogen-bond donors (Lipinski definition) is 0. The van der Waals surface area contributed by atoms with E-state index in [1.54, 1.807) is 7.11 Å². The number of hydrogen-bond acceptors (Lipinski definition) is 1. The Bertz CT molecular complexity index is 401. The summed E-state index contributed by atoms with van der Waals surface area (Å²) < 4.78 is 6.42. The van der Waals surface area contributed by atoms with Crippen LogP contribution in [-0.2, 0) is 6.42 Å². The SMILES string of the molecule is CCC#CC(C)Cc1cc(Br)ccc1OC. The van der Waals surface area contributed by atoms with Crippen molar-refractivity contribution in [2.45, 2.75) is 26.7 Å². The van der Waals surface area contributed by atoms with E-state index in [1.165, 1.54) is 5.56 Å². The minimum Gasteiger partial charge on any atom is -0.496 e. The summed E-state index contributed by atoms with van der Waals surface area (Å²) in [7, 11) is 1.70. The van der Waals surface area contributed by atoms with Crippen molar-refractivity contribution >= 4 is 15.9 Å². The van der Waals surface area contributed by atoms with E-state index in [9.17, 15) is 0 Å². The molecule has 1 atom stereocenters. The molecule has 0 aromatic heterocycles. The van der Waals surface area contributed by atoms with Gasteiger partial charge in [0.2, 0.25) is 0 Å². The minimum atomic E-state index is 0.364. The molecule has 0 saturated heterocycles. The van der Waals surface area contributed by atoms with E-state index in [0.717, 1.165) is 23.1 Å². The highest BCUT2D eigenvalue weighted by Gasteiger charge is 2.07. The lowest BCUT2D eigenvalue weighted by Gasteiger charge is -2.10. The van der Waals surface area contributed by atoms with E-state index in [-0.39, 0.29) is 0 Å². The highest BCUT2D eigenvalue weighted by Crippen LogP contribution is 2.25. The molecule has 0 fully saturated rings. The van der Waals surface area contributed by atoms with Gasteiger partial charge in [-0.25, -0.2) is 0 Å². The molecule has 1 rings (SSSR count). The van der Waals surface area contributed by atoms with Gasteiger partial charge < -0.3 is 4.74 Å². The molecule has 1 aromatic rings. The van der Waals surface area contributed by atoms with Crippen LogP contribution in [-0.4, -0.2) is 7.11 Å². The first-order valence-corrected chi connectivity index (χ1v) is 6.27. The van der Waals surface area contributed by atoms with Gasteiger partial charge in [-0.3, -0.25) is 0 Å². The summed E-state index contributed by atoms with van der Waals surface area (Å²) in [4.78, 5) is 0. The minimum absolute atomic E-state index is 0.364. The second-order valence-corrected chi connectivity index (χ2v) is 4.65. The summed E-state index contributed by atoms with van der Waals surface area (Å²) in [6, 6.07) is 6.08. The quantitative estimate of drug-likeness (QED) is 0.759. The van der Waals surface area contributed by atoms with E-state index >= 15 is 0 Å². The molecule has 0 aliphatic heterocycles. The molecule has 0 saturated carbocycles. The molecule has 86 valence electrons. The number of rotatable bonds is 3. The Hall–Kier alpha value is -0.940. The van der Waals surface area contributed by atoms with Gasteiger partial charge in [-0.05, 0) is 30.2 Å². The number of halogens is 1. The second kappa shape index (κ2) is 6.60. The van der Waals surface area contributed by atoms with Crippen molar-refractivity contribution < 1.29 is 4.74 Å². The number of benzene rings is 1. The number of methoxy groups -OCH3 is 1. The molecule has 1 unspecified atom stereocenters. The molecule has 0 bridgehead atoms. The fraction of sp³-hybridized carbons (Fsp3) is 0.429. The monoisotopic (exact) mass is 280 g/mol. The Morgan fingerprint density at radius 3 is 2.81 bits per heavy atom. The van der Waals surface area contributed by atoms with Gasteiger partial charge in [-0.15, -0.1) is 5.92 Å². The predicted octanol–water partition coefficient (Wildman–Crippen LogP) is 4.05. The maximum atomic E-state index is 5.34. The highest BCUT2D eigenvalue weighted by molar-refractivity contribution is 9.10. The fourth-order valence-electron chi connectivity index (χ4n) is 1.56. The van der Waals surface area contributed by atoms with E-state index in [0.29, 0.717) is 5.92 Å². The highest BCUT2D eigenvalue weighted by atomic mass is 79.9. The first-order valence-electron chi connectivity index (χ1n) is 5.48. The molecule has 16 heavy (non-hydrogen) atoms. The average Bonchev–Trinajstić information content (AvgIpc) is 2.27. The molecule has 2 heteroatoms. The van der Waals surface area contributed by atoms with Crippen LogP contribution in [0.5, 0.6) is 5.75 Å². The lowest BCUT2D eigenvalue weighted by molar-refractivity contribution is 0.408. The molecule has 0 amide bonds. The normalized spacial score (nSPS) is 11.5. The van der Waals surface area contributed by atoms with Gasteiger partial charge >= 0.3 is 0 Å². The van der Waals surface area contributed by atoms with Crippen molar-refractivity contribution in [1.29, 1.82) is 0 Å². The van der Waals surface area contributed by atoms with Crippen LogP contribution < -0.4 is 4.74 Å².